The molecule has 0 bridgehead atoms. The maximum atomic E-state index is 11.7. The predicted molar refractivity (Wildman–Crippen MR) is 71.5 cm³/mol. The third-order valence-electron chi connectivity index (χ3n) is 2.37. The van der Waals surface area contributed by atoms with E-state index in [0.717, 1.165) is 11.3 Å². The maximum Gasteiger partial charge on any atom is 0.321 e. The third kappa shape index (κ3) is 4.45. The highest BCUT2D eigenvalue weighted by atomic mass is 16.2. The number of aryl methyl sites for hydroxylation is 1. The number of rotatable bonds is 4. The lowest BCUT2D eigenvalue weighted by Crippen LogP contribution is -2.45. The molecule has 0 aromatic heterocycles. The van der Waals surface area contributed by atoms with E-state index in [1.54, 1.807) is 13.8 Å². The standard InChI is InChI=1S/C13H19N3O2/c1-4-14-13(18)16-12(17)10(3)15-11-7-5-6-9(2)8-11/h5-8,10,15H,4H2,1-3H3,(H2,14,16,17,18)/t10-/m1/s1. The molecule has 0 saturated carbocycles. The molecule has 5 heteroatoms. The van der Waals surface area contributed by atoms with E-state index in [2.05, 4.69) is 16.0 Å². The second-order valence-corrected chi connectivity index (χ2v) is 4.08. The summed E-state index contributed by atoms with van der Waals surface area (Å²) in [5.41, 5.74) is 1.96. The number of carbonyl (C=O) groups is 2. The van der Waals surface area contributed by atoms with Crippen molar-refractivity contribution in [1.82, 2.24) is 10.6 Å². The molecule has 0 aliphatic rings. The van der Waals surface area contributed by atoms with Crippen molar-refractivity contribution in [2.45, 2.75) is 26.8 Å². The molecule has 0 saturated heterocycles. The van der Waals surface area contributed by atoms with Crippen molar-refractivity contribution >= 4 is 17.6 Å². The van der Waals surface area contributed by atoms with E-state index >= 15 is 0 Å². The Morgan fingerprint density at radius 3 is 2.67 bits per heavy atom. The summed E-state index contributed by atoms with van der Waals surface area (Å²) in [4.78, 5) is 22.9. The van der Waals surface area contributed by atoms with Crippen molar-refractivity contribution < 1.29 is 9.59 Å². The van der Waals surface area contributed by atoms with Crippen LogP contribution in [0.5, 0.6) is 0 Å². The molecule has 0 aliphatic heterocycles. The predicted octanol–water partition coefficient (Wildman–Crippen LogP) is 1.64. The second-order valence-electron chi connectivity index (χ2n) is 4.08. The number of hydrogen-bond acceptors (Lipinski definition) is 3. The van der Waals surface area contributed by atoms with Crippen molar-refractivity contribution in [2.24, 2.45) is 0 Å². The van der Waals surface area contributed by atoms with Gasteiger partial charge >= 0.3 is 6.03 Å². The zero-order chi connectivity index (χ0) is 13.5. The molecule has 0 heterocycles. The summed E-state index contributed by atoms with van der Waals surface area (Å²) in [6.07, 6.45) is 0. The van der Waals surface area contributed by atoms with Gasteiger partial charge in [-0.25, -0.2) is 4.79 Å². The van der Waals surface area contributed by atoms with Crippen LogP contribution in [-0.2, 0) is 4.79 Å². The molecule has 0 unspecified atom stereocenters. The summed E-state index contributed by atoms with van der Waals surface area (Å²) in [6, 6.07) is 6.75. The summed E-state index contributed by atoms with van der Waals surface area (Å²) in [6.45, 7) is 5.96. The van der Waals surface area contributed by atoms with Crippen molar-refractivity contribution in [3.05, 3.63) is 29.8 Å². The van der Waals surface area contributed by atoms with Gasteiger partial charge in [0.1, 0.15) is 6.04 Å². The average Bonchev–Trinajstić information content (AvgIpc) is 2.29. The van der Waals surface area contributed by atoms with Crippen LogP contribution in [0.15, 0.2) is 24.3 Å². The lowest BCUT2D eigenvalue weighted by atomic mass is 10.2. The highest BCUT2D eigenvalue weighted by Gasteiger charge is 2.14. The van der Waals surface area contributed by atoms with Gasteiger partial charge in [0.05, 0.1) is 0 Å². The van der Waals surface area contributed by atoms with E-state index in [-0.39, 0.29) is 5.91 Å². The molecular weight excluding hydrogens is 230 g/mol. The van der Waals surface area contributed by atoms with Crippen LogP contribution in [0, 0.1) is 6.92 Å². The summed E-state index contributed by atoms with van der Waals surface area (Å²) >= 11 is 0. The molecule has 0 radical (unpaired) electrons. The fourth-order valence-corrected chi connectivity index (χ4v) is 1.48. The van der Waals surface area contributed by atoms with E-state index in [0.29, 0.717) is 6.54 Å². The lowest BCUT2D eigenvalue weighted by molar-refractivity contribution is -0.120. The van der Waals surface area contributed by atoms with Gasteiger partial charge in [0, 0.05) is 12.2 Å². The normalized spacial score (nSPS) is 11.5. The van der Waals surface area contributed by atoms with Crippen LogP contribution in [-0.4, -0.2) is 24.5 Å². The Morgan fingerprint density at radius 2 is 2.06 bits per heavy atom. The van der Waals surface area contributed by atoms with Gasteiger partial charge in [-0.15, -0.1) is 0 Å². The van der Waals surface area contributed by atoms with Gasteiger partial charge in [-0.2, -0.15) is 0 Å². The first-order chi connectivity index (χ1) is 8.52. The lowest BCUT2D eigenvalue weighted by Gasteiger charge is -2.15. The van der Waals surface area contributed by atoms with Crippen LogP contribution in [0.25, 0.3) is 0 Å². The first-order valence-corrected chi connectivity index (χ1v) is 5.94. The van der Waals surface area contributed by atoms with E-state index in [9.17, 15) is 9.59 Å². The fourth-order valence-electron chi connectivity index (χ4n) is 1.48. The van der Waals surface area contributed by atoms with Crippen molar-refractivity contribution in [2.75, 3.05) is 11.9 Å². The van der Waals surface area contributed by atoms with Crippen molar-refractivity contribution in [3.63, 3.8) is 0 Å². The first-order valence-electron chi connectivity index (χ1n) is 5.94. The van der Waals surface area contributed by atoms with Gasteiger partial charge in [0.2, 0.25) is 5.91 Å². The summed E-state index contributed by atoms with van der Waals surface area (Å²) in [5, 5.41) is 7.81. The molecule has 1 aromatic carbocycles. The molecule has 3 N–H and O–H groups in total. The SMILES string of the molecule is CCNC(=O)NC(=O)[C@@H](C)Nc1cccc(C)c1. The largest absolute Gasteiger partial charge is 0.374 e. The summed E-state index contributed by atoms with van der Waals surface area (Å²) < 4.78 is 0. The van der Waals surface area contributed by atoms with Crippen LogP contribution in [0.4, 0.5) is 10.5 Å². The minimum atomic E-state index is -0.477. The number of carbonyl (C=O) groups excluding carboxylic acids is 2. The van der Waals surface area contributed by atoms with Crippen molar-refractivity contribution in [3.8, 4) is 0 Å². The fraction of sp³-hybridized carbons (Fsp3) is 0.385. The smallest absolute Gasteiger partial charge is 0.321 e. The van der Waals surface area contributed by atoms with Crippen LogP contribution in [0.3, 0.4) is 0 Å². The molecule has 98 valence electrons. The Hall–Kier alpha value is -2.04. The number of nitrogens with one attached hydrogen (secondary N) is 3. The number of benzene rings is 1. The topological polar surface area (TPSA) is 70.2 Å². The maximum absolute atomic E-state index is 11.7. The Bertz CT molecular complexity index is 432. The Morgan fingerprint density at radius 1 is 1.33 bits per heavy atom. The number of imide groups is 1. The quantitative estimate of drug-likeness (QED) is 0.759. The monoisotopic (exact) mass is 249 g/mol. The van der Waals surface area contributed by atoms with Crippen molar-refractivity contribution in [1.29, 1.82) is 0 Å². The van der Waals surface area contributed by atoms with E-state index in [1.807, 2.05) is 31.2 Å². The van der Waals surface area contributed by atoms with Gasteiger partial charge in [-0.05, 0) is 38.5 Å². The molecule has 18 heavy (non-hydrogen) atoms. The van der Waals surface area contributed by atoms with Crippen LogP contribution in [0.1, 0.15) is 19.4 Å². The molecule has 0 spiro atoms. The molecule has 1 atom stereocenters. The van der Waals surface area contributed by atoms with Crippen LogP contribution < -0.4 is 16.0 Å². The van der Waals surface area contributed by atoms with Gasteiger partial charge in [0.15, 0.2) is 0 Å². The highest BCUT2D eigenvalue weighted by molar-refractivity contribution is 5.97. The molecule has 3 amide bonds. The van der Waals surface area contributed by atoms with Crippen LogP contribution in [0.2, 0.25) is 0 Å². The zero-order valence-corrected chi connectivity index (χ0v) is 10.9. The molecule has 1 aromatic rings. The Balaban J connectivity index is 2.52. The third-order valence-corrected chi connectivity index (χ3v) is 2.37. The van der Waals surface area contributed by atoms with E-state index in [4.69, 9.17) is 0 Å². The molecule has 1 rings (SSSR count). The van der Waals surface area contributed by atoms with Gasteiger partial charge in [-0.3, -0.25) is 10.1 Å². The Kier molecular flexibility index (Phi) is 5.17. The summed E-state index contributed by atoms with van der Waals surface area (Å²) in [5.74, 6) is -0.359. The number of urea groups is 1. The number of amides is 3. The first kappa shape index (κ1) is 14.0. The number of anilines is 1. The Labute approximate surface area is 107 Å². The van der Waals surface area contributed by atoms with Gasteiger partial charge < -0.3 is 10.6 Å². The van der Waals surface area contributed by atoms with E-state index in [1.165, 1.54) is 0 Å². The molecular formula is C13H19N3O2. The minimum absolute atomic E-state index is 0.359. The number of hydrogen-bond donors (Lipinski definition) is 3. The van der Waals surface area contributed by atoms with Gasteiger partial charge in [-0.1, -0.05) is 12.1 Å². The average molecular weight is 249 g/mol. The zero-order valence-electron chi connectivity index (χ0n) is 10.9. The molecule has 0 aliphatic carbocycles. The van der Waals surface area contributed by atoms with E-state index < -0.39 is 12.1 Å². The molecule has 0 fully saturated rings. The summed E-state index contributed by atoms with van der Waals surface area (Å²) in [7, 11) is 0. The molecule has 5 nitrogen and oxygen atoms in total. The van der Waals surface area contributed by atoms with Crippen LogP contribution >= 0.6 is 0 Å². The second kappa shape index (κ2) is 6.64. The van der Waals surface area contributed by atoms with Gasteiger partial charge in [0.25, 0.3) is 0 Å². The minimum Gasteiger partial charge on any atom is -0.374 e. The highest BCUT2D eigenvalue weighted by Crippen LogP contribution is 2.10.